The molecule has 3 N–H and O–H groups in total. The molecule has 1 fully saturated rings. The van der Waals surface area contributed by atoms with Crippen molar-refractivity contribution in [3.8, 4) is 0 Å². The van der Waals surface area contributed by atoms with E-state index in [4.69, 9.17) is 10.5 Å². The molecule has 0 aliphatic carbocycles. The molecule has 6 heteroatoms. The summed E-state index contributed by atoms with van der Waals surface area (Å²) >= 11 is 2.23. The van der Waals surface area contributed by atoms with Crippen LogP contribution in [0.25, 0.3) is 0 Å². The Morgan fingerprint density at radius 2 is 2.16 bits per heavy atom. The van der Waals surface area contributed by atoms with Gasteiger partial charge in [0, 0.05) is 41.0 Å². The molecule has 5 nitrogen and oxygen atoms in total. The summed E-state index contributed by atoms with van der Waals surface area (Å²) in [4.78, 5) is 13.8. The number of anilines is 2. The highest BCUT2D eigenvalue weighted by molar-refractivity contribution is 14.1. The van der Waals surface area contributed by atoms with E-state index in [0.29, 0.717) is 39.3 Å². The molecule has 1 amide bonds. The Balaban J connectivity index is 1.78. The maximum Gasteiger partial charge on any atom is 0.224 e. The van der Waals surface area contributed by atoms with Gasteiger partial charge in [-0.05, 0) is 40.8 Å². The summed E-state index contributed by atoms with van der Waals surface area (Å²) in [7, 11) is 0. The molecule has 1 aromatic carbocycles. The molecule has 0 radical (unpaired) electrons. The van der Waals surface area contributed by atoms with Crippen molar-refractivity contribution in [2.75, 3.05) is 43.9 Å². The molecule has 19 heavy (non-hydrogen) atoms. The van der Waals surface area contributed by atoms with E-state index < -0.39 is 0 Å². The Morgan fingerprint density at radius 1 is 1.42 bits per heavy atom. The Kier molecular flexibility index (Phi) is 5.26. The lowest BCUT2D eigenvalue weighted by Gasteiger charge is -2.27. The fourth-order valence-electron chi connectivity index (χ4n) is 1.95. The van der Waals surface area contributed by atoms with Gasteiger partial charge in [0.25, 0.3) is 0 Å². The summed E-state index contributed by atoms with van der Waals surface area (Å²) in [5, 5.41) is 3.27. The standard InChI is InChI=1S/C13H18IN3O2/c14-11-9-10(15)1-2-12(11)16-4-3-13(18)17-5-7-19-8-6-17/h1-2,9,16H,3-8,15H2. The number of nitrogens with one attached hydrogen (secondary N) is 1. The lowest BCUT2D eigenvalue weighted by molar-refractivity contribution is -0.134. The first-order chi connectivity index (χ1) is 9.16. The van der Waals surface area contributed by atoms with Crippen LogP contribution in [0, 0.1) is 3.57 Å². The van der Waals surface area contributed by atoms with Crippen LogP contribution in [0.4, 0.5) is 11.4 Å². The molecule has 0 saturated carbocycles. The Hall–Kier alpha value is -1.02. The number of hydrogen-bond acceptors (Lipinski definition) is 4. The van der Waals surface area contributed by atoms with Gasteiger partial charge < -0.3 is 20.7 Å². The Bertz CT molecular complexity index is 448. The van der Waals surface area contributed by atoms with Gasteiger partial charge in [0.1, 0.15) is 0 Å². The SMILES string of the molecule is Nc1ccc(NCCC(=O)N2CCOCC2)c(I)c1. The van der Waals surface area contributed by atoms with Crippen molar-refractivity contribution in [1.82, 2.24) is 4.90 Å². The molecule has 104 valence electrons. The smallest absolute Gasteiger partial charge is 0.224 e. The highest BCUT2D eigenvalue weighted by atomic mass is 127. The van der Waals surface area contributed by atoms with Crippen LogP contribution in [0.3, 0.4) is 0 Å². The van der Waals surface area contributed by atoms with Crippen molar-refractivity contribution in [3.63, 3.8) is 0 Å². The molecule has 1 aromatic rings. The first kappa shape index (κ1) is 14.4. The second-order valence-electron chi connectivity index (χ2n) is 4.41. The number of ether oxygens (including phenoxy) is 1. The Labute approximate surface area is 126 Å². The normalized spacial score (nSPS) is 15.3. The molecular weight excluding hydrogens is 357 g/mol. The van der Waals surface area contributed by atoms with Crippen LogP contribution in [-0.2, 0) is 9.53 Å². The van der Waals surface area contributed by atoms with Crippen LogP contribution in [0.1, 0.15) is 6.42 Å². The van der Waals surface area contributed by atoms with Crippen LogP contribution in [0.2, 0.25) is 0 Å². The zero-order valence-corrected chi connectivity index (χ0v) is 12.9. The molecule has 1 heterocycles. The first-order valence-corrected chi connectivity index (χ1v) is 7.39. The number of morpholine rings is 1. The summed E-state index contributed by atoms with van der Waals surface area (Å²) in [5.41, 5.74) is 7.46. The van der Waals surface area contributed by atoms with Crippen molar-refractivity contribution in [2.24, 2.45) is 0 Å². The average Bonchev–Trinajstić information content (AvgIpc) is 2.42. The first-order valence-electron chi connectivity index (χ1n) is 6.31. The molecule has 0 unspecified atom stereocenters. The quantitative estimate of drug-likeness (QED) is 0.619. The predicted octanol–water partition coefficient (Wildman–Crippen LogP) is 1.53. The summed E-state index contributed by atoms with van der Waals surface area (Å²) in [6.07, 6.45) is 0.500. The fourth-order valence-corrected chi connectivity index (χ4v) is 2.68. The lowest BCUT2D eigenvalue weighted by atomic mass is 10.2. The highest BCUT2D eigenvalue weighted by Gasteiger charge is 2.16. The molecule has 1 aliphatic heterocycles. The number of hydrogen-bond donors (Lipinski definition) is 2. The summed E-state index contributed by atoms with van der Waals surface area (Å²) in [5.74, 6) is 0.182. The van der Waals surface area contributed by atoms with E-state index in [1.54, 1.807) is 0 Å². The summed E-state index contributed by atoms with van der Waals surface area (Å²) in [6, 6.07) is 5.71. The van der Waals surface area contributed by atoms with Crippen molar-refractivity contribution < 1.29 is 9.53 Å². The van der Waals surface area contributed by atoms with Crippen LogP contribution in [0.15, 0.2) is 18.2 Å². The van der Waals surface area contributed by atoms with E-state index in [-0.39, 0.29) is 5.91 Å². The van der Waals surface area contributed by atoms with Crippen molar-refractivity contribution in [3.05, 3.63) is 21.8 Å². The number of carbonyl (C=O) groups excluding carboxylic acids is 1. The number of amides is 1. The minimum absolute atomic E-state index is 0.182. The number of rotatable bonds is 4. The van der Waals surface area contributed by atoms with Gasteiger partial charge in [0.15, 0.2) is 0 Å². The molecule has 0 aromatic heterocycles. The van der Waals surface area contributed by atoms with Crippen LogP contribution < -0.4 is 11.1 Å². The zero-order chi connectivity index (χ0) is 13.7. The number of carbonyl (C=O) groups is 1. The minimum atomic E-state index is 0.182. The Morgan fingerprint density at radius 3 is 2.84 bits per heavy atom. The summed E-state index contributed by atoms with van der Waals surface area (Å²) < 4.78 is 6.29. The molecule has 0 spiro atoms. The summed E-state index contributed by atoms with van der Waals surface area (Å²) in [6.45, 7) is 3.34. The van der Waals surface area contributed by atoms with Gasteiger partial charge in [-0.25, -0.2) is 0 Å². The van der Waals surface area contributed by atoms with Crippen LogP contribution in [-0.4, -0.2) is 43.7 Å². The third-order valence-electron chi connectivity index (χ3n) is 3.01. The van der Waals surface area contributed by atoms with Crippen LogP contribution >= 0.6 is 22.6 Å². The van der Waals surface area contributed by atoms with Crippen LogP contribution in [0.5, 0.6) is 0 Å². The van der Waals surface area contributed by atoms with Gasteiger partial charge in [-0.3, -0.25) is 4.79 Å². The van der Waals surface area contributed by atoms with Gasteiger partial charge in [0.05, 0.1) is 13.2 Å². The van der Waals surface area contributed by atoms with E-state index in [9.17, 15) is 4.79 Å². The number of nitrogens with two attached hydrogens (primary N) is 1. The molecule has 0 bridgehead atoms. The topological polar surface area (TPSA) is 67.6 Å². The second-order valence-corrected chi connectivity index (χ2v) is 5.57. The number of benzene rings is 1. The molecule has 1 saturated heterocycles. The van der Waals surface area contributed by atoms with E-state index in [0.717, 1.165) is 14.9 Å². The zero-order valence-electron chi connectivity index (χ0n) is 10.7. The molecule has 0 atom stereocenters. The molecule has 2 rings (SSSR count). The number of nitrogens with zero attached hydrogens (tertiary/aromatic N) is 1. The lowest BCUT2D eigenvalue weighted by Crippen LogP contribution is -2.41. The van der Waals surface area contributed by atoms with E-state index >= 15 is 0 Å². The minimum Gasteiger partial charge on any atom is -0.399 e. The molecule has 1 aliphatic rings. The predicted molar refractivity (Wildman–Crippen MR) is 84.1 cm³/mol. The second kappa shape index (κ2) is 6.95. The largest absolute Gasteiger partial charge is 0.399 e. The van der Waals surface area contributed by atoms with Gasteiger partial charge in [-0.2, -0.15) is 0 Å². The van der Waals surface area contributed by atoms with E-state index in [1.165, 1.54) is 0 Å². The number of nitrogen functional groups attached to an aromatic ring is 1. The monoisotopic (exact) mass is 375 g/mol. The third-order valence-corrected chi connectivity index (χ3v) is 3.90. The van der Waals surface area contributed by atoms with Gasteiger partial charge in [-0.15, -0.1) is 0 Å². The van der Waals surface area contributed by atoms with Crippen molar-refractivity contribution >= 4 is 39.9 Å². The average molecular weight is 375 g/mol. The highest BCUT2D eigenvalue weighted by Crippen LogP contribution is 2.20. The molecular formula is C13H18IN3O2. The van der Waals surface area contributed by atoms with Gasteiger partial charge in [0.2, 0.25) is 5.91 Å². The van der Waals surface area contributed by atoms with Crippen molar-refractivity contribution in [2.45, 2.75) is 6.42 Å². The number of halogens is 1. The van der Waals surface area contributed by atoms with Gasteiger partial charge in [-0.1, -0.05) is 0 Å². The fraction of sp³-hybridized carbons (Fsp3) is 0.462. The maximum absolute atomic E-state index is 11.9. The van der Waals surface area contributed by atoms with Crippen molar-refractivity contribution in [1.29, 1.82) is 0 Å². The van der Waals surface area contributed by atoms with E-state index in [2.05, 4.69) is 27.9 Å². The third kappa shape index (κ3) is 4.24. The van der Waals surface area contributed by atoms with E-state index in [1.807, 2.05) is 23.1 Å². The van der Waals surface area contributed by atoms with Gasteiger partial charge >= 0.3 is 0 Å². The maximum atomic E-state index is 11.9.